The van der Waals surface area contributed by atoms with Crippen LogP contribution in [0.4, 0.5) is 18.0 Å². The Hall–Kier alpha value is -1.47. The van der Waals surface area contributed by atoms with Gasteiger partial charge < -0.3 is 15.7 Å². The van der Waals surface area contributed by atoms with Gasteiger partial charge >= 0.3 is 18.2 Å². The Morgan fingerprint density at radius 3 is 2.52 bits per heavy atom. The average molecular weight is 310 g/mol. The van der Waals surface area contributed by atoms with E-state index in [2.05, 4.69) is 10.6 Å². The predicted molar refractivity (Wildman–Crippen MR) is 69.8 cm³/mol. The molecule has 122 valence electrons. The maximum absolute atomic E-state index is 12.2. The summed E-state index contributed by atoms with van der Waals surface area (Å²) in [5.41, 5.74) is -1.39. The quantitative estimate of drug-likeness (QED) is 0.747. The molecule has 0 aliphatic heterocycles. The number of amides is 2. The highest BCUT2D eigenvalue weighted by atomic mass is 19.4. The summed E-state index contributed by atoms with van der Waals surface area (Å²) >= 11 is 0. The first-order valence-corrected chi connectivity index (χ1v) is 6.93. The molecule has 2 amide bonds. The van der Waals surface area contributed by atoms with Crippen LogP contribution in [0.25, 0.3) is 0 Å². The SMILES string of the molecule is CC1CCCC(NC(=O)NC(C)CC(F)(F)F)(C(=O)O)C1. The predicted octanol–water partition coefficient (Wildman–Crippen LogP) is 2.66. The molecule has 1 aliphatic rings. The van der Waals surface area contributed by atoms with Gasteiger partial charge in [-0.25, -0.2) is 9.59 Å². The lowest BCUT2D eigenvalue weighted by atomic mass is 9.76. The summed E-state index contributed by atoms with van der Waals surface area (Å²) < 4.78 is 36.6. The molecule has 0 saturated heterocycles. The highest BCUT2D eigenvalue weighted by Crippen LogP contribution is 2.32. The topological polar surface area (TPSA) is 78.4 Å². The van der Waals surface area contributed by atoms with E-state index in [-0.39, 0.29) is 18.8 Å². The van der Waals surface area contributed by atoms with Crippen molar-refractivity contribution in [2.45, 2.75) is 63.7 Å². The number of rotatable bonds is 4. The van der Waals surface area contributed by atoms with Gasteiger partial charge in [0, 0.05) is 6.04 Å². The maximum atomic E-state index is 12.2. The highest BCUT2D eigenvalue weighted by molar-refractivity contribution is 5.86. The second-order valence-electron chi connectivity index (χ2n) is 5.91. The van der Waals surface area contributed by atoms with Gasteiger partial charge in [-0.05, 0) is 25.7 Å². The lowest BCUT2D eigenvalue weighted by Gasteiger charge is -2.37. The molecule has 3 atom stereocenters. The summed E-state index contributed by atoms with van der Waals surface area (Å²) in [7, 11) is 0. The van der Waals surface area contributed by atoms with E-state index in [1.807, 2.05) is 6.92 Å². The number of hydrogen-bond donors (Lipinski definition) is 3. The molecule has 21 heavy (non-hydrogen) atoms. The van der Waals surface area contributed by atoms with E-state index < -0.39 is 36.2 Å². The summed E-state index contributed by atoms with van der Waals surface area (Å²) in [6.07, 6.45) is -3.43. The summed E-state index contributed by atoms with van der Waals surface area (Å²) in [5.74, 6) is -1.00. The first kappa shape index (κ1) is 17.6. The Morgan fingerprint density at radius 2 is 2.05 bits per heavy atom. The first-order valence-electron chi connectivity index (χ1n) is 6.93. The van der Waals surface area contributed by atoms with Crippen LogP contribution < -0.4 is 10.6 Å². The van der Waals surface area contributed by atoms with Crippen molar-refractivity contribution < 1.29 is 27.9 Å². The van der Waals surface area contributed by atoms with Crippen molar-refractivity contribution in [3.05, 3.63) is 0 Å². The Bertz CT molecular complexity index is 401. The molecule has 0 spiro atoms. The summed E-state index contributed by atoms with van der Waals surface area (Å²) in [5, 5.41) is 13.9. The number of carbonyl (C=O) groups is 2. The van der Waals surface area contributed by atoms with E-state index in [0.717, 1.165) is 6.42 Å². The van der Waals surface area contributed by atoms with Gasteiger partial charge in [-0.1, -0.05) is 19.8 Å². The molecule has 1 saturated carbocycles. The van der Waals surface area contributed by atoms with Gasteiger partial charge in [-0.2, -0.15) is 13.2 Å². The standard InChI is InChI=1S/C13H21F3N2O3/c1-8-4-3-5-12(6-8,10(19)20)18-11(21)17-9(2)7-13(14,15)16/h8-9H,3-7H2,1-2H3,(H,19,20)(H2,17,18,21). The van der Waals surface area contributed by atoms with Crippen molar-refractivity contribution >= 4 is 12.0 Å². The van der Waals surface area contributed by atoms with Gasteiger partial charge in [0.1, 0.15) is 5.54 Å². The minimum atomic E-state index is -4.38. The summed E-state index contributed by atoms with van der Waals surface area (Å²) in [4.78, 5) is 23.2. The van der Waals surface area contributed by atoms with Crippen molar-refractivity contribution in [1.82, 2.24) is 10.6 Å². The molecule has 1 rings (SSSR count). The van der Waals surface area contributed by atoms with Crippen LogP contribution >= 0.6 is 0 Å². The van der Waals surface area contributed by atoms with Crippen molar-refractivity contribution in [2.24, 2.45) is 5.92 Å². The molecule has 0 aromatic carbocycles. The fraction of sp³-hybridized carbons (Fsp3) is 0.846. The molecule has 3 N–H and O–H groups in total. The third-order valence-corrected chi connectivity index (χ3v) is 3.67. The van der Waals surface area contributed by atoms with Crippen molar-refractivity contribution in [1.29, 1.82) is 0 Å². The van der Waals surface area contributed by atoms with Crippen LogP contribution in [0.2, 0.25) is 0 Å². The number of urea groups is 1. The van der Waals surface area contributed by atoms with Crippen molar-refractivity contribution in [3.63, 3.8) is 0 Å². The van der Waals surface area contributed by atoms with E-state index in [0.29, 0.717) is 6.42 Å². The third-order valence-electron chi connectivity index (χ3n) is 3.67. The minimum Gasteiger partial charge on any atom is -0.480 e. The van der Waals surface area contributed by atoms with Crippen LogP contribution in [0.3, 0.4) is 0 Å². The third kappa shape index (κ3) is 5.43. The first-order chi connectivity index (χ1) is 9.54. The molecule has 0 bridgehead atoms. The second kappa shape index (κ2) is 6.53. The van der Waals surface area contributed by atoms with Crippen molar-refractivity contribution in [3.8, 4) is 0 Å². The average Bonchev–Trinajstić information content (AvgIpc) is 2.24. The zero-order valence-electron chi connectivity index (χ0n) is 12.1. The molecule has 0 aromatic rings. The number of aliphatic carboxylic acids is 1. The highest BCUT2D eigenvalue weighted by Gasteiger charge is 2.43. The van der Waals surface area contributed by atoms with Crippen LogP contribution in [0.1, 0.15) is 46.0 Å². The molecule has 1 fully saturated rings. The zero-order chi connectivity index (χ0) is 16.3. The fourth-order valence-electron chi connectivity index (χ4n) is 2.79. The van der Waals surface area contributed by atoms with Gasteiger partial charge in [0.2, 0.25) is 0 Å². The number of carboxylic acids is 1. The van der Waals surface area contributed by atoms with Crippen LogP contribution in [-0.2, 0) is 4.79 Å². The minimum absolute atomic E-state index is 0.141. The smallest absolute Gasteiger partial charge is 0.391 e. The van der Waals surface area contributed by atoms with Crippen molar-refractivity contribution in [2.75, 3.05) is 0 Å². The number of halogens is 3. The molecule has 0 aromatic heterocycles. The number of nitrogens with one attached hydrogen (secondary N) is 2. The molecular weight excluding hydrogens is 289 g/mol. The van der Waals surface area contributed by atoms with Gasteiger partial charge in [0.05, 0.1) is 6.42 Å². The molecular formula is C13H21F3N2O3. The lowest BCUT2D eigenvalue weighted by molar-refractivity contribution is -0.147. The Balaban J connectivity index is 2.63. The Kier molecular flexibility index (Phi) is 5.47. The van der Waals surface area contributed by atoms with Gasteiger partial charge in [0.25, 0.3) is 0 Å². The van der Waals surface area contributed by atoms with E-state index in [1.54, 1.807) is 0 Å². The largest absolute Gasteiger partial charge is 0.480 e. The molecule has 0 radical (unpaired) electrons. The number of carboxylic acid groups (broad SMARTS) is 1. The monoisotopic (exact) mass is 310 g/mol. The molecule has 1 aliphatic carbocycles. The van der Waals surface area contributed by atoms with Crippen LogP contribution in [0.5, 0.6) is 0 Å². The Morgan fingerprint density at radius 1 is 1.43 bits per heavy atom. The van der Waals surface area contributed by atoms with Gasteiger partial charge in [-0.3, -0.25) is 0 Å². The van der Waals surface area contributed by atoms with E-state index in [1.165, 1.54) is 6.92 Å². The number of alkyl halides is 3. The van der Waals surface area contributed by atoms with Gasteiger partial charge in [0.15, 0.2) is 0 Å². The summed E-state index contributed by atoms with van der Waals surface area (Å²) in [6, 6.07) is -1.99. The normalized spacial score (nSPS) is 27.8. The second-order valence-corrected chi connectivity index (χ2v) is 5.91. The number of hydrogen-bond acceptors (Lipinski definition) is 2. The Labute approximate surface area is 121 Å². The van der Waals surface area contributed by atoms with E-state index >= 15 is 0 Å². The van der Waals surface area contributed by atoms with E-state index in [9.17, 15) is 27.9 Å². The maximum Gasteiger partial charge on any atom is 0.391 e. The van der Waals surface area contributed by atoms with E-state index in [4.69, 9.17) is 0 Å². The van der Waals surface area contributed by atoms with Gasteiger partial charge in [-0.15, -0.1) is 0 Å². The van der Waals surface area contributed by atoms with Crippen LogP contribution in [0, 0.1) is 5.92 Å². The molecule has 3 unspecified atom stereocenters. The molecule has 8 heteroatoms. The molecule has 5 nitrogen and oxygen atoms in total. The fourth-order valence-corrected chi connectivity index (χ4v) is 2.79. The van der Waals surface area contributed by atoms with Crippen LogP contribution in [0.15, 0.2) is 0 Å². The summed E-state index contributed by atoms with van der Waals surface area (Å²) in [6.45, 7) is 3.12. The number of carbonyl (C=O) groups excluding carboxylic acids is 1. The van der Waals surface area contributed by atoms with Crippen LogP contribution in [-0.4, -0.2) is 34.9 Å². The molecule has 0 heterocycles. The lowest BCUT2D eigenvalue weighted by Crippen LogP contribution is -2.60. The zero-order valence-corrected chi connectivity index (χ0v) is 12.1.